The number of allylic oxidation sites excluding steroid dienone is 16. The number of likely N-dealkylation sites (N-methyl/N-ethyl adjacent to an activating group) is 1. The first-order valence-corrected chi connectivity index (χ1v) is 20.3. The Balaban J connectivity index is 4.44. The van der Waals surface area contributed by atoms with Gasteiger partial charge in [-0.1, -0.05) is 111 Å². The Morgan fingerprint density at radius 2 is 0.963 bits per heavy atom. The second kappa shape index (κ2) is 36.2. The number of quaternary nitrogens is 1. The number of nitrogens with zero attached hydrogens (tertiary/aromatic N) is 1. The average Bonchev–Trinajstić information content (AvgIpc) is 3.12. The van der Waals surface area contributed by atoms with Crippen LogP contribution in [-0.2, 0) is 28.6 Å². The van der Waals surface area contributed by atoms with Crippen LogP contribution in [0.25, 0.3) is 0 Å². The summed E-state index contributed by atoms with van der Waals surface area (Å²) >= 11 is 0. The molecule has 0 heterocycles. The molecule has 8 nitrogen and oxygen atoms in total. The maximum atomic E-state index is 12.6. The van der Waals surface area contributed by atoms with E-state index in [-0.39, 0.29) is 49.1 Å². The number of rotatable bonds is 34. The van der Waals surface area contributed by atoms with Gasteiger partial charge < -0.3 is 23.8 Å². The molecule has 0 radical (unpaired) electrons. The molecule has 304 valence electrons. The highest BCUT2D eigenvalue weighted by molar-refractivity contribution is 5.72. The van der Waals surface area contributed by atoms with Crippen molar-refractivity contribution >= 4 is 17.9 Å². The van der Waals surface area contributed by atoms with Crippen molar-refractivity contribution in [3.05, 3.63) is 97.2 Å². The fourth-order valence-corrected chi connectivity index (χ4v) is 5.13. The SMILES string of the molecule is CC/C=C/C/C=C/C/C=C/C/C=C/C/C=C/C/C=C/CCCCC(=O)OCC(COCCC(C(=O)O)[N+](C)(C)C)OC(=O)CCCC/C=C/C/C=C/CC. The van der Waals surface area contributed by atoms with Crippen LogP contribution in [0.1, 0.15) is 123 Å². The van der Waals surface area contributed by atoms with Crippen LogP contribution in [0.4, 0.5) is 0 Å². The topological polar surface area (TPSA) is 99.1 Å². The van der Waals surface area contributed by atoms with Crippen LogP contribution in [0.5, 0.6) is 0 Å². The van der Waals surface area contributed by atoms with Crippen LogP contribution in [0.2, 0.25) is 0 Å². The highest BCUT2D eigenvalue weighted by Gasteiger charge is 2.31. The van der Waals surface area contributed by atoms with Crippen LogP contribution >= 0.6 is 0 Å². The van der Waals surface area contributed by atoms with Crippen LogP contribution in [0, 0.1) is 0 Å². The molecule has 0 amide bonds. The molecular formula is C46H74NO7+. The van der Waals surface area contributed by atoms with Crippen LogP contribution < -0.4 is 0 Å². The molecule has 0 saturated heterocycles. The summed E-state index contributed by atoms with van der Waals surface area (Å²) in [6, 6.07) is -0.631. The van der Waals surface area contributed by atoms with Crippen LogP contribution in [-0.4, -0.2) is 80.6 Å². The quantitative estimate of drug-likeness (QED) is 0.0302. The van der Waals surface area contributed by atoms with Crippen molar-refractivity contribution in [3.8, 4) is 0 Å². The van der Waals surface area contributed by atoms with Crippen LogP contribution in [0.15, 0.2) is 97.2 Å². The minimum absolute atomic E-state index is 0.0270. The van der Waals surface area contributed by atoms with E-state index in [0.29, 0.717) is 19.3 Å². The number of carbonyl (C=O) groups excluding carboxylic acids is 2. The van der Waals surface area contributed by atoms with Crippen molar-refractivity contribution in [2.45, 2.75) is 135 Å². The highest BCUT2D eigenvalue weighted by atomic mass is 16.6. The smallest absolute Gasteiger partial charge is 0.362 e. The first kappa shape index (κ1) is 50.2. The molecule has 2 atom stereocenters. The van der Waals surface area contributed by atoms with Crippen molar-refractivity contribution in [3.63, 3.8) is 0 Å². The number of unbranched alkanes of at least 4 members (excludes halogenated alkanes) is 4. The summed E-state index contributed by atoms with van der Waals surface area (Å²) in [4.78, 5) is 36.8. The molecule has 8 heteroatoms. The Labute approximate surface area is 328 Å². The fraction of sp³-hybridized carbons (Fsp3) is 0.587. The van der Waals surface area contributed by atoms with E-state index < -0.39 is 18.1 Å². The minimum atomic E-state index is -0.893. The van der Waals surface area contributed by atoms with Crippen molar-refractivity contribution in [1.29, 1.82) is 0 Å². The summed E-state index contributed by atoms with van der Waals surface area (Å²) < 4.78 is 17.1. The van der Waals surface area contributed by atoms with Gasteiger partial charge in [0.15, 0.2) is 12.1 Å². The molecule has 0 bridgehead atoms. The minimum Gasteiger partial charge on any atom is -0.477 e. The molecular weight excluding hydrogens is 679 g/mol. The number of carbonyl (C=O) groups is 3. The molecule has 0 aliphatic carbocycles. The number of carboxylic acid groups (broad SMARTS) is 1. The Kier molecular flexibility index (Phi) is 33.7. The van der Waals surface area contributed by atoms with Gasteiger partial charge in [0.05, 0.1) is 34.4 Å². The Morgan fingerprint density at radius 1 is 0.556 bits per heavy atom. The van der Waals surface area contributed by atoms with Crippen LogP contribution in [0.3, 0.4) is 0 Å². The molecule has 0 spiro atoms. The maximum Gasteiger partial charge on any atom is 0.362 e. The summed E-state index contributed by atoms with van der Waals surface area (Å²) in [5.74, 6) is -1.59. The molecule has 0 fully saturated rings. The van der Waals surface area contributed by atoms with E-state index in [2.05, 4.69) is 111 Å². The van der Waals surface area contributed by atoms with Crippen molar-refractivity contribution in [2.75, 3.05) is 41.0 Å². The standard InChI is InChI=1S/C46H73NO7/c1-6-8-10-12-14-16-17-18-19-20-21-22-23-24-25-26-27-29-30-32-34-36-44(48)53-41-42(40-52-39-38-43(46(50)51)47(3,4)5)54-45(49)37-35-33-31-28-15-13-11-9-7-2/h8-11,14-16,18-19,21-22,24-25,27-29,42-43H,6-7,12-13,17,20,23,26,30-41H2,1-5H3/p+1/b10-8+,11-9+,16-14+,19-18+,22-21+,25-24+,28-15+,29-27+. The maximum absolute atomic E-state index is 12.6. The molecule has 0 aromatic rings. The summed E-state index contributed by atoms with van der Waals surface area (Å²) in [5, 5.41) is 9.58. The average molecular weight is 753 g/mol. The molecule has 54 heavy (non-hydrogen) atoms. The van der Waals surface area contributed by atoms with Gasteiger partial charge in [-0.2, -0.15) is 0 Å². The second-order valence-electron chi connectivity index (χ2n) is 14.1. The fourth-order valence-electron chi connectivity index (χ4n) is 5.13. The molecule has 0 saturated carbocycles. The summed E-state index contributed by atoms with van der Waals surface area (Å²) in [6.07, 6.45) is 47.6. The lowest BCUT2D eigenvalue weighted by Gasteiger charge is -2.31. The zero-order chi connectivity index (χ0) is 40.0. The zero-order valence-electron chi connectivity index (χ0n) is 34.4. The summed E-state index contributed by atoms with van der Waals surface area (Å²) in [6.45, 7) is 4.37. The molecule has 0 aromatic heterocycles. The van der Waals surface area contributed by atoms with Gasteiger partial charge >= 0.3 is 17.9 Å². The van der Waals surface area contributed by atoms with E-state index in [4.69, 9.17) is 14.2 Å². The number of hydrogen-bond acceptors (Lipinski definition) is 6. The largest absolute Gasteiger partial charge is 0.477 e. The lowest BCUT2D eigenvalue weighted by atomic mass is 10.1. The predicted octanol–water partition coefficient (Wildman–Crippen LogP) is 10.7. The lowest BCUT2D eigenvalue weighted by Crippen LogP contribution is -2.50. The third-order valence-corrected chi connectivity index (χ3v) is 8.23. The lowest BCUT2D eigenvalue weighted by molar-refractivity contribution is -0.887. The Morgan fingerprint density at radius 3 is 1.37 bits per heavy atom. The van der Waals surface area contributed by atoms with E-state index in [9.17, 15) is 19.5 Å². The van der Waals surface area contributed by atoms with Gasteiger partial charge in [-0.05, 0) is 89.9 Å². The van der Waals surface area contributed by atoms with Gasteiger partial charge in [-0.3, -0.25) is 9.59 Å². The van der Waals surface area contributed by atoms with Gasteiger partial charge in [-0.25, -0.2) is 4.79 Å². The number of aliphatic carboxylic acids is 1. The molecule has 0 aliphatic heterocycles. The van der Waals surface area contributed by atoms with Gasteiger partial charge in [0.2, 0.25) is 0 Å². The molecule has 0 rings (SSSR count). The number of esters is 2. The Hall–Kier alpha value is -3.75. The van der Waals surface area contributed by atoms with E-state index in [0.717, 1.165) is 77.0 Å². The summed E-state index contributed by atoms with van der Waals surface area (Å²) in [7, 11) is 5.48. The van der Waals surface area contributed by atoms with E-state index in [1.807, 2.05) is 21.1 Å². The first-order valence-electron chi connectivity index (χ1n) is 20.3. The van der Waals surface area contributed by atoms with Crippen molar-refractivity contribution in [1.82, 2.24) is 0 Å². The highest BCUT2D eigenvalue weighted by Crippen LogP contribution is 2.11. The summed E-state index contributed by atoms with van der Waals surface area (Å²) in [5.41, 5.74) is 0. The molecule has 0 aliphatic rings. The van der Waals surface area contributed by atoms with Crippen molar-refractivity contribution < 1.29 is 38.2 Å². The van der Waals surface area contributed by atoms with Gasteiger partial charge in [0.25, 0.3) is 0 Å². The number of ether oxygens (including phenoxy) is 3. The molecule has 1 N–H and O–H groups in total. The number of hydrogen-bond donors (Lipinski definition) is 1. The third kappa shape index (κ3) is 34.0. The van der Waals surface area contributed by atoms with Gasteiger partial charge in [0.1, 0.15) is 6.61 Å². The molecule has 0 aromatic carbocycles. The monoisotopic (exact) mass is 753 g/mol. The Bertz CT molecular complexity index is 1200. The van der Waals surface area contributed by atoms with Gasteiger partial charge in [-0.15, -0.1) is 0 Å². The van der Waals surface area contributed by atoms with Gasteiger partial charge in [0, 0.05) is 19.3 Å². The second-order valence-corrected chi connectivity index (χ2v) is 14.1. The predicted molar refractivity (Wildman–Crippen MR) is 224 cm³/mol. The molecule has 2 unspecified atom stereocenters. The van der Waals surface area contributed by atoms with E-state index in [1.54, 1.807) is 0 Å². The van der Waals surface area contributed by atoms with E-state index in [1.165, 1.54) is 0 Å². The van der Waals surface area contributed by atoms with Crippen molar-refractivity contribution in [2.24, 2.45) is 0 Å². The van der Waals surface area contributed by atoms with E-state index >= 15 is 0 Å². The normalized spacial score (nSPS) is 14.0. The zero-order valence-corrected chi connectivity index (χ0v) is 34.4. The number of carboxylic acids is 1. The first-order chi connectivity index (χ1) is 26.1. The third-order valence-electron chi connectivity index (χ3n) is 8.23.